The molecule has 3 aromatic heterocycles. The zero-order valence-corrected chi connectivity index (χ0v) is 16.6. The summed E-state index contributed by atoms with van der Waals surface area (Å²) in [6.07, 6.45) is 7.93. The summed E-state index contributed by atoms with van der Waals surface area (Å²) in [7, 11) is 0. The zero-order chi connectivity index (χ0) is 21.1. The Morgan fingerprint density at radius 1 is 1.20 bits per heavy atom. The van der Waals surface area contributed by atoms with Gasteiger partial charge in [0.25, 0.3) is 0 Å². The molecule has 0 bridgehead atoms. The first-order valence-electron chi connectivity index (χ1n) is 9.99. The molecule has 1 aromatic carbocycles. The quantitative estimate of drug-likeness (QED) is 0.323. The van der Waals surface area contributed by atoms with Gasteiger partial charge in [-0.1, -0.05) is 13.0 Å². The lowest BCUT2D eigenvalue weighted by atomic mass is 9.85. The average Bonchev–Trinajstić information content (AvgIpc) is 3.36. The second-order valence-electron chi connectivity index (χ2n) is 7.57. The predicted molar refractivity (Wildman–Crippen MR) is 110 cm³/mol. The highest BCUT2D eigenvalue weighted by molar-refractivity contribution is 5.75. The minimum Gasteiger partial charge on any atom is -0.359 e. The molecule has 0 radical (unpaired) electrons. The van der Waals surface area contributed by atoms with E-state index in [0.717, 1.165) is 35.0 Å². The van der Waals surface area contributed by atoms with Gasteiger partial charge < -0.3 is 10.3 Å². The van der Waals surface area contributed by atoms with Crippen LogP contribution in [0.3, 0.4) is 0 Å². The summed E-state index contributed by atoms with van der Waals surface area (Å²) in [5.74, 6) is -0.0605. The number of hydrogen-bond donors (Lipinski definition) is 2. The zero-order valence-electron chi connectivity index (χ0n) is 16.6. The van der Waals surface area contributed by atoms with Crippen LogP contribution in [0.15, 0.2) is 42.9 Å². The van der Waals surface area contributed by atoms with Gasteiger partial charge in [0.1, 0.15) is 17.5 Å². The molecule has 2 atom stereocenters. The van der Waals surface area contributed by atoms with Crippen LogP contribution in [0, 0.1) is 17.6 Å². The molecule has 0 aliphatic carbocycles. The number of imidazole rings is 1. The van der Waals surface area contributed by atoms with Gasteiger partial charge in [0, 0.05) is 24.7 Å². The van der Waals surface area contributed by atoms with Crippen LogP contribution in [0.1, 0.15) is 37.1 Å². The number of rotatable bonds is 9. The maximum Gasteiger partial charge on any atom is 0.207 e. The van der Waals surface area contributed by atoms with Crippen LogP contribution in [0.25, 0.3) is 16.7 Å². The fraction of sp³-hybridized carbons (Fsp3) is 0.318. The van der Waals surface area contributed by atoms with Crippen molar-refractivity contribution in [2.75, 3.05) is 6.54 Å². The topological polar surface area (TPSA) is 75.1 Å². The number of benzene rings is 1. The monoisotopic (exact) mass is 411 g/mol. The van der Waals surface area contributed by atoms with Gasteiger partial charge in [-0.15, -0.1) is 0 Å². The highest BCUT2D eigenvalue weighted by atomic mass is 19.1. The first-order chi connectivity index (χ1) is 14.6. The molecular formula is C22H23F2N5O. The number of aromatic nitrogens is 4. The van der Waals surface area contributed by atoms with Crippen LogP contribution in [0.2, 0.25) is 0 Å². The Balaban J connectivity index is 1.69. The van der Waals surface area contributed by atoms with Gasteiger partial charge in [-0.25, -0.2) is 18.7 Å². The van der Waals surface area contributed by atoms with E-state index in [2.05, 4.69) is 31.6 Å². The molecule has 0 unspecified atom stereocenters. The number of carbonyl (C=O) groups excluding carboxylic acids is 1. The number of nitrogens with zero attached hydrogens (tertiary/aromatic N) is 3. The third-order valence-corrected chi connectivity index (χ3v) is 5.67. The molecule has 6 nitrogen and oxygen atoms in total. The Bertz CT molecular complexity index is 1170. The number of amides is 1. The molecule has 4 aromatic rings. The first-order valence-corrected chi connectivity index (χ1v) is 9.99. The second-order valence-corrected chi connectivity index (χ2v) is 7.57. The molecule has 0 saturated carbocycles. The molecule has 0 aliphatic heterocycles. The van der Waals surface area contributed by atoms with Crippen molar-refractivity contribution in [3.63, 3.8) is 0 Å². The molecule has 1 amide bonds. The minimum absolute atomic E-state index is 0.00547. The number of hydrogen-bond acceptors (Lipinski definition) is 3. The van der Waals surface area contributed by atoms with Gasteiger partial charge >= 0.3 is 0 Å². The van der Waals surface area contributed by atoms with Crippen LogP contribution >= 0.6 is 0 Å². The van der Waals surface area contributed by atoms with Gasteiger partial charge in [0.05, 0.1) is 23.4 Å². The maximum absolute atomic E-state index is 14.2. The summed E-state index contributed by atoms with van der Waals surface area (Å²) in [6, 6.07) is 5.65. The number of halogens is 2. The Morgan fingerprint density at radius 2 is 2.03 bits per heavy atom. The summed E-state index contributed by atoms with van der Waals surface area (Å²) in [5, 5.41) is 2.71. The molecular weight excluding hydrogens is 388 g/mol. The molecule has 2 N–H and O–H groups in total. The number of H-pyrrole nitrogens is 1. The van der Waals surface area contributed by atoms with Crippen LogP contribution in [-0.2, 0) is 11.2 Å². The Hall–Kier alpha value is -3.29. The molecule has 30 heavy (non-hydrogen) atoms. The summed E-state index contributed by atoms with van der Waals surface area (Å²) in [6.45, 7) is 2.66. The summed E-state index contributed by atoms with van der Waals surface area (Å²) in [4.78, 5) is 22.9. The Labute approximate surface area is 172 Å². The van der Waals surface area contributed by atoms with E-state index in [0.29, 0.717) is 31.4 Å². The lowest BCUT2D eigenvalue weighted by Gasteiger charge is -2.24. The van der Waals surface area contributed by atoms with Crippen molar-refractivity contribution in [1.82, 2.24) is 24.7 Å². The number of nitrogens with one attached hydrogen (secondary N) is 2. The standard InChI is InChI=1S/C22H23F2N5O/c1-14(6-8-25-13-30)18(5-3-15-2-4-16(23)10-19(15)24)22-28-12-17-11-27-21-20(29(17)22)7-9-26-21/h2,4,7,9-14,18,26H,3,5-6,8H2,1H3,(H,25,30)/t14-,18+/m1/s1. The van der Waals surface area contributed by atoms with Gasteiger partial charge in [-0.2, -0.15) is 0 Å². The molecule has 3 heterocycles. The predicted octanol–water partition coefficient (Wildman–Crippen LogP) is 3.98. The summed E-state index contributed by atoms with van der Waals surface area (Å²) < 4.78 is 29.5. The van der Waals surface area contributed by atoms with E-state index in [9.17, 15) is 13.6 Å². The van der Waals surface area contributed by atoms with E-state index < -0.39 is 11.6 Å². The number of aryl methyl sites for hydroxylation is 1. The SMILES string of the molecule is C[C@H](CCNC=O)[C@H](CCc1ccc(F)cc1F)c1ncc2cnc3[nH]ccc3n12. The number of fused-ring (bicyclic) bond motifs is 3. The van der Waals surface area contributed by atoms with Crippen LogP contribution in [-0.4, -0.2) is 32.3 Å². The largest absolute Gasteiger partial charge is 0.359 e. The van der Waals surface area contributed by atoms with E-state index in [1.807, 2.05) is 12.3 Å². The second kappa shape index (κ2) is 8.61. The number of aromatic amines is 1. The summed E-state index contributed by atoms with van der Waals surface area (Å²) in [5.41, 5.74) is 3.05. The minimum atomic E-state index is -0.581. The van der Waals surface area contributed by atoms with Crippen molar-refractivity contribution in [3.05, 3.63) is 65.9 Å². The lowest BCUT2D eigenvalue weighted by Crippen LogP contribution is -2.21. The first kappa shape index (κ1) is 20.0. The molecule has 0 saturated heterocycles. The van der Waals surface area contributed by atoms with E-state index >= 15 is 0 Å². The van der Waals surface area contributed by atoms with Crippen molar-refractivity contribution in [2.45, 2.75) is 32.1 Å². The third-order valence-electron chi connectivity index (χ3n) is 5.67. The van der Waals surface area contributed by atoms with E-state index in [1.165, 1.54) is 12.1 Å². The van der Waals surface area contributed by atoms with Crippen molar-refractivity contribution >= 4 is 23.1 Å². The fourth-order valence-corrected chi connectivity index (χ4v) is 4.04. The Morgan fingerprint density at radius 3 is 2.83 bits per heavy atom. The normalized spacial score (nSPS) is 13.6. The Kier molecular flexibility index (Phi) is 5.74. The van der Waals surface area contributed by atoms with Crippen LogP contribution < -0.4 is 5.32 Å². The van der Waals surface area contributed by atoms with Gasteiger partial charge in [0.2, 0.25) is 6.41 Å². The van der Waals surface area contributed by atoms with E-state index in [-0.39, 0.29) is 11.8 Å². The molecule has 8 heteroatoms. The van der Waals surface area contributed by atoms with Crippen LogP contribution in [0.4, 0.5) is 8.78 Å². The average molecular weight is 411 g/mol. The van der Waals surface area contributed by atoms with Gasteiger partial charge in [-0.3, -0.25) is 9.20 Å². The van der Waals surface area contributed by atoms with E-state index in [1.54, 1.807) is 12.4 Å². The van der Waals surface area contributed by atoms with Crippen LogP contribution in [0.5, 0.6) is 0 Å². The molecule has 0 fully saturated rings. The molecule has 156 valence electrons. The molecule has 0 spiro atoms. The third kappa shape index (κ3) is 3.90. The summed E-state index contributed by atoms with van der Waals surface area (Å²) >= 11 is 0. The molecule has 4 rings (SSSR count). The fourth-order valence-electron chi connectivity index (χ4n) is 4.04. The highest BCUT2D eigenvalue weighted by Crippen LogP contribution is 2.33. The highest BCUT2D eigenvalue weighted by Gasteiger charge is 2.25. The lowest BCUT2D eigenvalue weighted by molar-refractivity contribution is -0.109. The van der Waals surface area contributed by atoms with Crippen molar-refractivity contribution < 1.29 is 13.6 Å². The smallest absolute Gasteiger partial charge is 0.207 e. The van der Waals surface area contributed by atoms with E-state index in [4.69, 9.17) is 0 Å². The molecule has 0 aliphatic rings. The van der Waals surface area contributed by atoms with Gasteiger partial charge in [0.15, 0.2) is 5.65 Å². The van der Waals surface area contributed by atoms with Gasteiger partial charge in [-0.05, 0) is 42.9 Å². The number of carbonyl (C=O) groups is 1. The van der Waals surface area contributed by atoms with Crippen molar-refractivity contribution in [1.29, 1.82) is 0 Å². The van der Waals surface area contributed by atoms with Crippen molar-refractivity contribution in [3.8, 4) is 0 Å². The maximum atomic E-state index is 14.2. The van der Waals surface area contributed by atoms with Crippen molar-refractivity contribution in [2.24, 2.45) is 5.92 Å².